The second-order valence-electron chi connectivity index (χ2n) is 4.33. The highest BCUT2D eigenvalue weighted by atomic mass is 35.5. The van der Waals surface area contributed by atoms with Gasteiger partial charge in [0.1, 0.15) is 0 Å². The SMILES string of the molecule is O=C(CC1COCCN1)NCc1ccc(Cl)cc1. The molecule has 0 saturated carbocycles. The summed E-state index contributed by atoms with van der Waals surface area (Å²) in [6, 6.07) is 7.58. The van der Waals surface area contributed by atoms with Gasteiger partial charge < -0.3 is 15.4 Å². The van der Waals surface area contributed by atoms with Crippen molar-refractivity contribution in [2.24, 2.45) is 0 Å². The topological polar surface area (TPSA) is 50.4 Å². The van der Waals surface area contributed by atoms with Crippen LogP contribution < -0.4 is 10.6 Å². The number of hydrogen-bond acceptors (Lipinski definition) is 3. The zero-order chi connectivity index (χ0) is 12.8. The van der Waals surface area contributed by atoms with Gasteiger partial charge in [-0.05, 0) is 17.7 Å². The monoisotopic (exact) mass is 268 g/mol. The van der Waals surface area contributed by atoms with Gasteiger partial charge in [-0.25, -0.2) is 0 Å². The van der Waals surface area contributed by atoms with Crippen molar-refractivity contribution in [2.45, 2.75) is 19.0 Å². The number of nitrogens with one attached hydrogen (secondary N) is 2. The molecule has 1 aliphatic heterocycles. The molecular formula is C13H17ClN2O2. The van der Waals surface area contributed by atoms with E-state index >= 15 is 0 Å². The lowest BCUT2D eigenvalue weighted by Crippen LogP contribution is -2.44. The minimum Gasteiger partial charge on any atom is -0.378 e. The van der Waals surface area contributed by atoms with Gasteiger partial charge in [-0.2, -0.15) is 0 Å². The molecular weight excluding hydrogens is 252 g/mol. The Labute approximate surface area is 112 Å². The largest absolute Gasteiger partial charge is 0.378 e. The zero-order valence-electron chi connectivity index (χ0n) is 10.1. The van der Waals surface area contributed by atoms with Crippen LogP contribution >= 0.6 is 11.6 Å². The van der Waals surface area contributed by atoms with Gasteiger partial charge in [0.25, 0.3) is 0 Å². The molecule has 1 unspecified atom stereocenters. The van der Waals surface area contributed by atoms with Crippen molar-refractivity contribution < 1.29 is 9.53 Å². The minimum absolute atomic E-state index is 0.0351. The Hall–Kier alpha value is -1.10. The van der Waals surface area contributed by atoms with Crippen molar-refractivity contribution in [3.8, 4) is 0 Å². The number of rotatable bonds is 4. The molecule has 1 heterocycles. The standard InChI is InChI=1S/C13H17ClN2O2/c14-11-3-1-10(2-4-11)8-16-13(17)7-12-9-18-6-5-15-12/h1-4,12,15H,5-9H2,(H,16,17). The van der Waals surface area contributed by atoms with Gasteiger partial charge in [-0.15, -0.1) is 0 Å². The van der Waals surface area contributed by atoms with Crippen LogP contribution in [-0.4, -0.2) is 31.7 Å². The third-order valence-electron chi connectivity index (χ3n) is 2.83. The lowest BCUT2D eigenvalue weighted by atomic mass is 10.2. The predicted molar refractivity (Wildman–Crippen MR) is 70.5 cm³/mol. The normalized spacial score (nSPS) is 19.5. The second-order valence-corrected chi connectivity index (χ2v) is 4.77. The molecule has 0 spiro atoms. The van der Waals surface area contributed by atoms with Crippen LogP contribution in [0.3, 0.4) is 0 Å². The molecule has 2 rings (SSSR count). The maximum absolute atomic E-state index is 11.7. The highest BCUT2D eigenvalue weighted by Crippen LogP contribution is 2.09. The summed E-state index contributed by atoms with van der Waals surface area (Å²) in [7, 11) is 0. The minimum atomic E-state index is 0.0351. The third-order valence-corrected chi connectivity index (χ3v) is 3.09. The van der Waals surface area contributed by atoms with Crippen LogP contribution in [0.4, 0.5) is 0 Å². The molecule has 4 nitrogen and oxygen atoms in total. The van der Waals surface area contributed by atoms with E-state index in [9.17, 15) is 4.79 Å². The molecule has 0 aliphatic carbocycles. The highest BCUT2D eigenvalue weighted by Gasteiger charge is 2.16. The van der Waals surface area contributed by atoms with E-state index in [-0.39, 0.29) is 11.9 Å². The van der Waals surface area contributed by atoms with Crippen molar-refractivity contribution in [3.63, 3.8) is 0 Å². The van der Waals surface area contributed by atoms with Crippen LogP contribution in [-0.2, 0) is 16.1 Å². The van der Waals surface area contributed by atoms with Crippen LogP contribution in [0, 0.1) is 0 Å². The van der Waals surface area contributed by atoms with Crippen molar-refractivity contribution in [2.75, 3.05) is 19.8 Å². The third kappa shape index (κ3) is 4.29. The fourth-order valence-electron chi connectivity index (χ4n) is 1.85. The van der Waals surface area contributed by atoms with Crippen LogP contribution in [0.1, 0.15) is 12.0 Å². The van der Waals surface area contributed by atoms with Crippen molar-refractivity contribution >= 4 is 17.5 Å². The van der Waals surface area contributed by atoms with E-state index in [0.717, 1.165) is 18.7 Å². The Bertz CT molecular complexity index is 388. The van der Waals surface area contributed by atoms with Crippen molar-refractivity contribution in [1.82, 2.24) is 10.6 Å². The summed E-state index contributed by atoms with van der Waals surface area (Å²) >= 11 is 5.79. The van der Waals surface area contributed by atoms with Crippen LogP contribution in [0.2, 0.25) is 5.02 Å². The van der Waals surface area contributed by atoms with Gasteiger partial charge in [-0.1, -0.05) is 23.7 Å². The maximum Gasteiger partial charge on any atom is 0.221 e. The van der Waals surface area contributed by atoms with Crippen molar-refractivity contribution in [3.05, 3.63) is 34.9 Å². The lowest BCUT2D eigenvalue weighted by molar-refractivity contribution is -0.122. The Morgan fingerprint density at radius 3 is 2.89 bits per heavy atom. The average molecular weight is 269 g/mol. The van der Waals surface area contributed by atoms with Crippen molar-refractivity contribution in [1.29, 1.82) is 0 Å². The van der Waals surface area contributed by atoms with E-state index in [1.54, 1.807) is 0 Å². The number of carbonyl (C=O) groups is 1. The van der Waals surface area contributed by atoms with E-state index in [0.29, 0.717) is 24.6 Å². The first kappa shape index (κ1) is 13.3. The molecule has 5 heteroatoms. The highest BCUT2D eigenvalue weighted by molar-refractivity contribution is 6.30. The quantitative estimate of drug-likeness (QED) is 0.866. The first-order valence-corrected chi connectivity index (χ1v) is 6.44. The molecule has 0 aromatic heterocycles. The number of hydrogen-bond donors (Lipinski definition) is 2. The lowest BCUT2D eigenvalue weighted by Gasteiger charge is -2.23. The Balaban J connectivity index is 1.72. The molecule has 1 atom stereocenters. The summed E-state index contributed by atoms with van der Waals surface area (Å²) in [5.74, 6) is 0.0351. The molecule has 1 amide bonds. The van der Waals surface area contributed by atoms with E-state index in [4.69, 9.17) is 16.3 Å². The van der Waals surface area contributed by atoms with E-state index in [1.807, 2.05) is 24.3 Å². The molecule has 0 bridgehead atoms. The fraction of sp³-hybridized carbons (Fsp3) is 0.462. The Kier molecular flexibility index (Phi) is 4.99. The second kappa shape index (κ2) is 6.73. The molecule has 1 aromatic carbocycles. The van der Waals surface area contributed by atoms with Gasteiger partial charge in [0, 0.05) is 30.6 Å². The molecule has 0 radical (unpaired) electrons. The molecule has 1 fully saturated rings. The molecule has 98 valence electrons. The van der Waals surface area contributed by atoms with Gasteiger partial charge in [0.2, 0.25) is 5.91 Å². The summed E-state index contributed by atoms with van der Waals surface area (Å²) in [6.07, 6.45) is 0.452. The number of halogens is 1. The van der Waals surface area contributed by atoms with Gasteiger partial charge >= 0.3 is 0 Å². The molecule has 1 aliphatic rings. The smallest absolute Gasteiger partial charge is 0.221 e. The van der Waals surface area contributed by atoms with Gasteiger partial charge in [0.05, 0.1) is 13.2 Å². The number of amides is 1. The zero-order valence-corrected chi connectivity index (χ0v) is 10.9. The van der Waals surface area contributed by atoms with Gasteiger partial charge in [-0.3, -0.25) is 4.79 Å². The molecule has 1 aromatic rings. The molecule has 1 saturated heterocycles. The summed E-state index contributed by atoms with van der Waals surface area (Å²) in [4.78, 5) is 11.7. The van der Waals surface area contributed by atoms with E-state index in [1.165, 1.54) is 0 Å². The van der Waals surface area contributed by atoms with E-state index in [2.05, 4.69) is 10.6 Å². The number of benzene rings is 1. The first-order chi connectivity index (χ1) is 8.74. The summed E-state index contributed by atoms with van der Waals surface area (Å²) in [6.45, 7) is 2.68. The van der Waals surface area contributed by atoms with Gasteiger partial charge in [0.15, 0.2) is 0 Å². The molecule has 18 heavy (non-hydrogen) atoms. The summed E-state index contributed by atoms with van der Waals surface area (Å²) in [5, 5.41) is 6.84. The number of carbonyl (C=O) groups excluding carboxylic acids is 1. The van der Waals surface area contributed by atoms with Crippen LogP contribution in [0.15, 0.2) is 24.3 Å². The van der Waals surface area contributed by atoms with Crippen LogP contribution in [0.5, 0.6) is 0 Å². The molecule has 2 N–H and O–H groups in total. The Morgan fingerprint density at radius 1 is 1.44 bits per heavy atom. The maximum atomic E-state index is 11.7. The summed E-state index contributed by atoms with van der Waals surface area (Å²) < 4.78 is 5.30. The summed E-state index contributed by atoms with van der Waals surface area (Å²) in [5.41, 5.74) is 1.04. The Morgan fingerprint density at radius 2 is 2.22 bits per heavy atom. The first-order valence-electron chi connectivity index (χ1n) is 6.06. The fourth-order valence-corrected chi connectivity index (χ4v) is 1.98. The van der Waals surface area contributed by atoms with E-state index < -0.39 is 0 Å². The number of morpholine rings is 1. The number of ether oxygens (including phenoxy) is 1. The average Bonchev–Trinajstić information content (AvgIpc) is 2.39. The van der Waals surface area contributed by atoms with Crippen LogP contribution in [0.25, 0.3) is 0 Å². The predicted octanol–water partition coefficient (Wildman–Crippen LogP) is 1.33.